The van der Waals surface area contributed by atoms with Crippen LogP contribution in [0.3, 0.4) is 0 Å². The van der Waals surface area contributed by atoms with Gasteiger partial charge in [0.05, 0.1) is 6.10 Å². The molecule has 1 N–H and O–H groups in total. The molecular weight excluding hydrogens is 124 g/mol. The Bertz CT molecular complexity index is 162. The van der Waals surface area contributed by atoms with Crippen LogP contribution in [0.25, 0.3) is 0 Å². The Hall–Kier alpha value is -0.300. The molecule has 2 aliphatic carbocycles. The van der Waals surface area contributed by atoms with E-state index >= 15 is 0 Å². The first kappa shape index (κ1) is 6.41. The Labute approximate surface area is 61.8 Å². The number of hydrogen-bond acceptors (Lipinski definition) is 1. The third-order valence-electron chi connectivity index (χ3n) is 3.05. The minimum Gasteiger partial charge on any atom is -0.393 e. The van der Waals surface area contributed by atoms with Crippen LogP contribution in [0.4, 0.5) is 0 Å². The van der Waals surface area contributed by atoms with Gasteiger partial charge in [0.2, 0.25) is 0 Å². The van der Waals surface area contributed by atoms with Gasteiger partial charge in [-0.15, -0.1) is 0 Å². The molecule has 2 aliphatic rings. The summed E-state index contributed by atoms with van der Waals surface area (Å²) in [6.07, 6.45) is 6.63. The molecular formula is C9H14O. The third kappa shape index (κ3) is 0.671. The van der Waals surface area contributed by atoms with E-state index in [0.29, 0.717) is 5.92 Å². The van der Waals surface area contributed by atoms with Gasteiger partial charge in [0.1, 0.15) is 0 Å². The predicted octanol–water partition coefficient (Wildman–Crippen LogP) is 1.58. The summed E-state index contributed by atoms with van der Waals surface area (Å²) in [5.74, 6) is 2.01. The molecule has 10 heavy (non-hydrogen) atoms. The molecule has 0 saturated heterocycles. The Morgan fingerprint density at radius 1 is 1.50 bits per heavy atom. The SMILES string of the molecule is CC[C@@H]1C2C=CC2C[C@@H]1O. The van der Waals surface area contributed by atoms with Crippen LogP contribution in [-0.2, 0) is 0 Å². The van der Waals surface area contributed by atoms with E-state index in [2.05, 4.69) is 19.1 Å². The van der Waals surface area contributed by atoms with Gasteiger partial charge >= 0.3 is 0 Å². The van der Waals surface area contributed by atoms with Crippen LogP contribution in [-0.4, -0.2) is 11.2 Å². The first-order chi connectivity index (χ1) is 4.83. The molecule has 4 atom stereocenters. The number of fused-ring (bicyclic) bond motifs is 1. The summed E-state index contributed by atoms with van der Waals surface area (Å²) in [7, 11) is 0. The zero-order valence-corrected chi connectivity index (χ0v) is 6.33. The van der Waals surface area contributed by atoms with Crippen molar-refractivity contribution in [1.82, 2.24) is 0 Å². The normalized spacial score (nSPS) is 50.6. The molecule has 1 nitrogen and oxygen atoms in total. The number of allylic oxidation sites excluding steroid dienone is 2. The molecule has 0 bridgehead atoms. The third-order valence-corrected chi connectivity index (χ3v) is 3.05. The second kappa shape index (κ2) is 2.09. The van der Waals surface area contributed by atoms with Gasteiger partial charge in [-0.2, -0.15) is 0 Å². The molecule has 0 aliphatic heterocycles. The summed E-state index contributed by atoms with van der Waals surface area (Å²) in [5, 5.41) is 9.53. The van der Waals surface area contributed by atoms with E-state index < -0.39 is 0 Å². The van der Waals surface area contributed by atoms with Crippen molar-refractivity contribution < 1.29 is 5.11 Å². The molecule has 0 radical (unpaired) electrons. The van der Waals surface area contributed by atoms with E-state index in [9.17, 15) is 5.11 Å². The first-order valence-electron chi connectivity index (χ1n) is 4.19. The lowest BCUT2D eigenvalue weighted by atomic mass is 9.80. The summed E-state index contributed by atoms with van der Waals surface area (Å²) in [6.45, 7) is 2.17. The Morgan fingerprint density at radius 3 is 2.60 bits per heavy atom. The molecule has 56 valence electrons. The monoisotopic (exact) mass is 138 g/mol. The van der Waals surface area contributed by atoms with Crippen molar-refractivity contribution in [3.63, 3.8) is 0 Å². The Morgan fingerprint density at radius 2 is 2.30 bits per heavy atom. The lowest BCUT2D eigenvalue weighted by Gasteiger charge is -2.25. The molecule has 0 aromatic rings. The Kier molecular flexibility index (Phi) is 1.34. The maximum absolute atomic E-state index is 9.53. The standard InChI is InChI=1S/C9H14O/c1-2-7-8-4-3-6(8)5-9(7)10/h3-4,6-10H,2,5H2,1H3/t6?,7-,8?,9+/m1/s1. The van der Waals surface area contributed by atoms with Gasteiger partial charge in [0.15, 0.2) is 0 Å². The van der Waals surface area contributed by atoms with Gasteiger partial charge in [-0.05, 0) is 24.2 Å². The lowest BCUT2D eigenvalue weighted by molar-refractivity contribution is 0.122. The number of aliphatic hydroxyl groups excluding tert-OH is 1. The van der Waals surface area contributed by atoms with Gasteiger partial charge in [0, 0.05) is 0 Å². The highest BCUT2D eigenvalue weighted by atomic mass is 16.3. The molecule has 0 aromatic carbocycles. The molecule has 1 saturated carbocycles. The minimum atomic E-state index is -0.0185. The van der Waals surface area contributed by atoms with E-state index in [0.717, 1.165) is 24.7 Å². The average Bonchev–Trinajstić information content (AvgIpc) is 2.09. The molecule has 2 unspecified atom stereocenters. The smallest absolute Gasteiger partial charge is 0.0580 e. The van der Waals surface area contributed by atoms with Crippen molar-refractivity contribution in [2.75, 3.05) is 0 Å². The van der Waals surface area contributed by atoms with Crippen LogP contribution in [0.5, 0.6) is 0 Å². The van der Waals surface area contributed by atoms with Crippen LogP contribution in [0.15, 0.2) is 12.2 Å². The fraction of sp³-hybridized carbons (Fsp3) is 0.778. The van der Waals surface area contributed by atoms with E-state index in [1.807, 2.05) is 0 Å². The van der Waals surface area contributed by atoms with E-state index in [1.165, 1.54) is 0 Å². The molecule has 0 heterocycles. The fourth-order valence-corrected chi connectivity index (χ4v) is 2.35. The van der Waals surface area contributed by atoms with Crippen LogP contribution >= 0.6 is 0 Å². The summed E-state index contributed by atoms with van der Waals surface area (Å²) >= 11 is 0. The summed E-state index contributed by atoms with van der Waals surface area (Å²) < 4.78 is 0. The highest BCUT2D eigenvalue weighted by molar-refractivity contribution is 5.16. The summed E-state index contributed by atoms with van der Waals surface area (Å²) in [5.41, 5.74) is 0. The molecule has 0 spiro atoms. The van der Waals surface area contributed by atoms with Gasteiger partial charge in [0.25, 0.3) is 0 Å². The topological polar surface area (TPSA) is 20.2 Å². The maximum atomic E-state index is 9.53. The molecule has 0 amide bonds. The number of rotatable bonds is 1. The van der Waals surface area contributed by atoms with E-state index in [1.54, 1.807) is 0 Å². The van der Waals surface area contributed by atoms with Crippen LogP contribution in [0.1, 0.15) is 19.8 Å². The fourth-order valence-electron chi connectivity index (χ4n) is 2.35. The number of hydrogen-bond donors (Lipinski definition) is 1. The van der Waals surface area contributed by atoms with Gasteiger partial charge in [-0.3, -0.25) is 0 Å². The highest BCUT2D eigenvalue weighted by Gasteiger charge is 2.42. The van der Waals surface area contributed by atoms with Crippen molar-refractivity contribution in [2.45, 2.75) is 25.9 Å². The zero-order chi connectivity index (χ0) is 7.14. The molecule has 1 heteroatoms. The average molecular weight is 138 g/mol. The van der Waals surface area contributed by atoms with Crippen molar-refractivity contribution in [3.05, 3.63) is 12.2 Å². The van der Waals surface area contributed by atoms with Gasteiger partial charge in [-0.1, -0.05) is 25.5 Å². The van der Waals surface area contributed by atoms with E-state index in [-0.39, 0.29) is 6.10 Å². The van der Waals surface area contributed by atoms with E-state index in [4.69, 9.17) is 0 Å². The molecule has 1 fully saturated rings. The molecule has 0 aromatic heterocycles. The number of aliphatic hydroxyl groups is 1. The lowest BCUT2D eigenvalue weighted by Crippen LogP contribution is -2.20. The largest absolute Gasteiger partial charge is 0.393 e. The first-order valence-corrected chi connectivity index (χ1v) is 4.19. The second-order valence-corrected chi connectivity index (χ2v) is 3.50. The van der Waals surface area contributed by atoms with Crippen molar-refractivity contribution >= 4 is 0 Å². The predicted molar refractivity (Wildman–Crippen MR) is 40.5 cm³/mol. The highest BCUT2D eigenvalue weighted by Crippen LogP contribution is 2.46. The van der Waals surface area contributed by atoms with Crippen molar-refractivity contribution in [2.24, 2.45) is 17.8 Å². The van der Waals surface area contributed by atoms with Crippen molar-refractivity contribution in [1.29, 1.82) is 0 Å². The van der Waals surface area contributed by atoms with Crippen molar-refractivity contribution in [3.8, 4) is 0 Å². The minimum absolute atomic E-state index is 0.0185. The Balaban J connectivity index is 2.10. The van der Waals surface area contributed by atoms with Crippen LogP contribution in [0.2, 0.25) is 0 Å². The summed E-state index contributed by atoms with van der Waals surface area (Å²) in [4.78, 5) is 0. The van der Waals surface area contributed by atoms with Gasteiger partial charge < -0.3 is 5.11 Å². The quantitative estimate of drug-likeness (QED) is 0.545. The van der Waals surface area contributed by atoms with Crippen LogP contribution < -0.4 is 0 Å². The maximum Gasteiger partial charge on any atom is 0.0580 e. The second-order valence-electron chi connectivity index (χ2n) is 3.50. The van der Waals surface area contributed by atoms with Crippen LogP contribution in [0, 0.1) is 17.8 Å². The van der Waals surface area contributed by atoms with Gasteiger partial charge in [-0.25, -0.2) is 0 Å². The molecule has 2 rings (SSSR count). The zero-order valence-electron chi connectivity index (χ0n) is 6.33. The summed E-state index contributed by atoms with van der Waals surface area (Å²) in [6, 6.07) is 0.